The lowest BCUT2D eigenvalue weighted by atomic mass is 9.99. The van der Waals surface area contributed by atoms with Gasteiger partial charge < -0.3 is 11.1 Å². The maximum atomic E-state index is 6.26. The van der Waals surface area contributed by atoms with Crippen LogP contribution in [0.2, 0.25) is 0 Å². The SMILES string of the molecule is NC1(CNCc2cc(Br)cs2)CCCC1. The van der Waals surface area contributed by atoms with E-state index < -0.39 is 0 Å². The van der Waals surface area contributed by atoms with Gasteiger partial charge in [0, 0.05) is 33.4 Å². The van der Waals surface area contributed by atoms with Crippen LogP contribution in [0.4, 0.5) is 0 Å². The van der Waals surface area contributed by atoms with E-state index in [1.807, 2.05) is 0 Å². The van der Waals surface area contributed by atoms with Crippen LogP contribution in [-0.4, -0.2) is 12.1 Å². The highest BCUT2D eigenvalue weighted by atomic mass is 79.9. The molecule has 2 nitrogen and oxygen atoms in total. The molecule has 1 saturated carbocycles. The van der Waals surface area contributed by atoms with Crippen LogP contribution < -0.4 is 11.1 Å². The monoisotopic (exact) mass is 288 g/mol. The summed E-state index contributed by atoms with van der Waals surface area (Å²) in [6.45, 7) is 1.89. The lowest BCUT2D eigenvalue weighted by molar-refractivity contribution is 0.405. The van der Waals surface area contributed by atoms with E-state index in [0.717, 1.165) is 13.1 Å². The minimum Gasteiger partial charge on any atom is -0.324 e. The first-order valence-corrected chi connectivity index (χ1v) is 7.08. The molecule has 0 spiro atoms. The van der Waals surface area contributed by atoms with Gasteiger partial charge in [-0.05, 0) is 34.8 Å². The summed E-state index contributed by atoms with van der Waals surface area (Å²) in [5.41, 5.74) is 6.32. The fraction of sp³-hybridized carbons (Fsp3) is 0.636. The van der Waals surface area contributed by atoms with Crippen molar-refractivity contribution in [1.29, 1.82) is 0 Å². The zero-order valence-corrected chi connectivity index (χ0v) is 11.2. The second-order valence-corrected chi connectivity index (χ2v) is 6.32. The third kappa shape index (κ3) is 3.28. The predicted molar refractivity (Wildman–Crippen MR) is 69.1 cm³/mol. The number of nitrogens with two attached hydrogens (primary N) is 1. The highest BCUT2D eigenvalue weighted by Crippen LogP contribution is 2.26. The maximum absolute atomic E-state index is 6.26. The lowest BCUT2D eigenvalue weighted by Gasteiger charge is -2.23. The van der Waals surface area contributed by atoms with Gasteiger partial charge in [0.2, 0.25) is 0 Å². The van der Waals surface area contributed by atoms with E-state index >= 15 is 0 Å². The Morgan fingerprint density at radius 1 is 1.47 bits per heavy atom. The van der Waals surface area contributed by atoms with E-state index in [-0.39, 0.29) is 5.54 Å². The number of hydrogen-bond acceptors (Lipinski definition) is 3. The number of nitrogens with one attached hydrogen (secondary N) is 1. The Labute approximate surface area is 103 Å². The van der Waals surface area contributed by atoms with Gasteiger partial charge in [-0.2, -0.15) is 0 Å². The van der Waals surface area contributed by atoms with E-state index in [1.165, 1.54) is 35.0 Å². The van der Waals surface area contributed by atoms with Crippen LogP contribution in [0.5, 0.6) is 0 Å². The highest BCUT2D eigenvalue weighted by Gasteiger charge is 2.28. The van der Waals surface area contributed by atoms with E-state index in [2.05, 4.69) is 32.7 Å². The molecule has 3 N–H and O–H groups in total. The van der Waals surface area contributed by atoms with Gasteiger partial charge >= 0.3 is 0 Å². The molecule has 0 amide bonds. The fourth-order valence-electron chi connectivity index (χ4n) is 2.14. The molecule has 1 aromatic heterocycles. The van der Waals surface area contributed by atoms with Crippen molar-refractivity contribution in [2.45, 2.75) is 37.8 Å². The normalized spacial score (nSPS) is 19.6. The molecule has 84 valence electrons. The molecule has 0 aromatic carbocycles. The first-order chi connectivity index (χ1) is 7.18. The maximum Gasteiger partial charge on any atom is 0.0300 e. The van der Waals surface area contributed by atoms with Crippen LogP contribution in [0.25, 0.3) is 0 Å². The van der Waals surface area contributed by atoms with Crippen molar-refractivity contribution < 1.29 is 0 Å². The van der Waals surface area contributed by atoms with Gasteiger partial charge in [-0.25, -0.2) is 0 Å². The minimum absolute atomic E-state index is 0.0640. The number of hydrogen-bond donors (Lipinski definition) is 2. The molecular weight excluding hydrogens is 272 g/mol. The average molecular weight is 289 g/mol. The van der Waals surface area contributed by atoms with Crippen LogP contribution >= 0.6 is 27.3 Å². The summed E-state index contributed by atoms with van der Waals surface area (Å²) in [6, 6.07) is 2.16. The average Bonchev–Trinajstić information content (AvgIpc) is 2.76. The second-order valence-electron chi connectivity index (χ2n) is 4.40. The largest absolute Gasteiger partial charge is 0.324 e. The predicted octanol–water partition coefficient (Wildman–Crippen LogP) is 2.87. The zero-order valence-electron chi connectivity index (χ0n) is 8.76. The Balaban J connectivity index is 1.75. The van der Waals surface area contributed by atoms with Crippen molar-refractivity contribution in [3.63, 3.8) is 0 Å². The summed E-state index contributed by atoms with van der Waals surface area (Å²) >= 11 is 5.24. The molecule has 0 atom stereocenters. The molecule has 2 rings (SSSR count). The van der Waals surface area contributed by atoms with Crippen molar-refractivity contribution in [2.24, 2.45) is 5.73 Å². The quantitative estimate of drug-likeness (QED) is 0.894. The molecule has 0 saturated heterocycles. The summed E-state index contributed by atoms with van der Waals surface area (Å²) in [6.07, 6.45) is 4.94. The summed E-state index contributed by atoms with van der Waals surface area (Å²) in [5, 5.41) is 5.58. The smallest absolute Gasteiger partial charge is 0.0300 e. The molecule has 0 bridgehead atoms. The Morgan fingerprint density at radius 3 is 2.80 bits per heavy atom. The molecule has 0 radical (unpaired) electrons. The number of halogens is 1. The molecule has 1 fully saturated rings. The summed E-state index contributed by atoms with van der Waals surface area (Å²) in [5.74, 6) is 0. The van der Waals surface area contributed by atoms with E-state index in [9.17, 15) is 0 Å². The third-order valence-electron chi connectivity index (χ3n) is 3.00. The van der Waals surface area contributed by atoms with Crippen molar-refractivity contribution >= 4 is 27.3 Å². The molecule has 1 aliphatic carbocycles. The molecule has 1 heterocycles. The van der Waals surface area contributed by atoms with Crippen LogP contribution in [0.3, 0.4) is 0 Å². The third-order valence-corrected chi connectivity index (χ3v) is 4.70. The van der Waals surface area contributed by atoms with E-state index in [0.29, 0.717) is 0 Å². The van der Waals surface area contributed by atoms with E-state index in [4.69, 9.17) is 5.73 Å². The number of rotatable bonds is 4. The Morgan fingerprint density at radius 2 is 2.20 bits per heavy atom. The van der Waals surface area contributed by atoms with Crippen LogP contribution in [0.15, 0.2) is 15.9 Å². The summed E-state index contributed by atoms with van der Waals surface area (Å²) < 4.78 is 1.17. The summed E-state index contributed by atoms with van der Waals surface area (Å²) in [7, 11) is 0. The standard InChI is InChI=1S/C11H17BrN2S/c12-9-5-10(15-7-9)6-14-8-11(13)3-1-2-4-11/h5,7,14H,1-4,6,8,13H2. The first-order valence-electron chi connectivity index (χ1n) is 5.40. The van der Waals surface area contributed by atoms with Crippen LogP contribution in [0, 0.1) is 0 Å². The van der Waals surface area contributed by atoms with Gasteiger partial charge in [-0.1, -0.05) is 12.8 Å². The molecule has 0 unspecified atom stereocenters. The van der Waals surface area contributed by atoms with Crippen LogP contribution in [0.1, 0.15) is 30.6 Å². The molecular formula is C11H17BrN2S. The molecule has 1 aromatic rings. The van der Waals surface area contributed by atoms with Gasteiger partial charge in [-0.15, -0.1) is 11.3 Å². The zero-order chi connectivity index (χ0) is 10.7. The Bertz CT molecular complexity index is 318. The molecule has 15 heavy (non-hydrogen) atoms. The van der Waals surface area contributed by atoms with Crippen LogP contribution in [-0.2, 0) is 6.54 Å². The van der Waals surface area contributed by atoms with E-state index in [1.54, 1.807) is 11.3 Å². The van der Waals surface area contributed by atoms with Gasteiger partial charge in [0.1, 0.15) is 0 Å². The van der Waals surface area contributed by atoms with Gasteiger partial charge in [0.15, 0.2) is 0 Å². The molecule has 4 heteroatoms. The Hall–Kier alpha value is 0.1000. The molecule has 0 aliphatic heterocycles. The minimum atomic E-state index is 0.0640. The highest BCUT2D eigenvalue weighted by molar-refractivity contribution is 9.10. The van der Waals surface area contributed by atoms with Crippen molar-refractivity contribution in [1.82, 2.24) is 5.32 Å². The number of thiophene rings is 1. The Kier molecular flexibility index (Phi) is 3.83. The summed E-state index contributed by atoms with van der Waals surface area (Å²) in [4.78, 5) is 1.36. The topological polar surface area (TPSA) is 38.0 Å². The first kappa shape index (κ1) is 11.6. The second kappa shape index (κ2) is 4.95. The van der Waals surface area contributed by atoms with Crippen molar-refractivity contribution in [3.8, 4) is 0 Å². The van der Waals surface area contributed by atoms with Crippen molar-refractivity contribution in [3.05, 3.63) is 20.8 Å². The van der Waals surface area contributed by atoms with Gasteiger partial charge in [0.05, 0.1) is 0 Å². The van der Waals surface area contributed by atoms with Gasteiger partial charge in [0.25, 0.3) is 0 Å². The van der Waals surface area contributed by atoms with Crippen molar-refractivity contribution in [2.75, 3.05) is 6.54 Å². The fourth-order valence-corrected chi connectivity index (χ4v) is 3.56. The lowest BCUT2D eigenvalue weighted by Crippen LogP contribution is -2.46. The molecule has 1 aliphatic rings. The van der Waals surface area contributed by atoms with Gasteiger partial charge in [-0.3, -0.25) is 0 Å².